The number of amides is 1. The monoisotopic (exact) mass is 280 g/mol. The number of carbonyl (C=O) groups excluding carboxylic acids is 2. The van der Waals surface area contributed by atoms with Crippen LogP contribution in [0.3, 0.4) is 0 Å². The van der Waals surface area contributed by atoms with E-state index in [1.807, 2.05) is 0 Å². The Morgan fingerprint density at radius 2 is 1.89 bits per heavy atom. The Labute approximate surface area is 116 Å². The van der Waals surface area contributed by atoms with Gasteiger partial charge in [0.1, 0.15) is 0 Å². The van der Waals surface area contributed by atoms with Gasteiger partial charge in [-0.05, 0) is 31.0 Å². The van der Waals surface area contributed by atoms with E-state index in [9.17, 15) is 14.7 Å². The third-order valence-corrected chi connectivity index (χ3v) is 3.73. The summed E-state index contributed by atoms with van der Waals surface area (Å²) in [5.41, 5.74) is 0.583. The van der Waals surface area contributed by atoms with Gasteiger partial charge in [0.05, 0.1) is 0 Å². The number of nitrogens with one attached hydrogen (secondary N) is 1. The van der Waals surface area contributed by atoms with Crippen molar-refractivity contribution in [3.8, 4) is 0 Å². The molecule has 0 heterocycles. The zero-order chi connectivity index (χ0) is 13.8. The predicted octanol–water partition coefficient (Wildman–Crippen LogP) is 1.83. The molecule has 2 rings (SSSR count). The molecule has 102 valence electrons. The highest BCUT2D eigenvalue weighted by Crippen LogP contribution is 2.30. The van der Waals surface area contributed by atoms with Gasteiger partial charge >= 0.3 is 0 Å². The van der Waals surface area contributed by atoms with Crippen molar-refractivity contribution < 1.29 is 14.7 Å². The van der Waals surface area contributed by atoms with Crippen molar-refractivity contribution in [3.05, 3.63) is 29.3 Å². The number of hydrogen-bond acceptors (Lipinski definition) is 3. The Balaban J connectivity index is 2.07. The maximum absolute atomic E-state index is 12.1. The first-order valence-electron chi connectivity index (χ1n) is 6.35. The molecule has 1 fully saturated rings. The maximum atomic E-state index is 12.1. The van der Waals surface area contributed by atoms with E-state index < -0.39 is 17.8 Å². The molecule has 0 aromatic heterocycles. The van der Waals surface area contributed by atoms with Crippen LogP contribution in [0.1, 0.15) is 25.7 Å². The predicted molar refractivity (Wildman–Crippen MR) is 70.5 cm³/mol. The third kappa shape index (κ3) is 3.47. The van der Waals surface area contributed by atoms with Gasteiger partial charge in [-0.2, -0.15) is 0 Å². The van der Waals surface area contributed by atoms with Gasteiger partial charge in [-0.15, -0.1) is 0 Å². The van der Waals surface area contributed by atoms with E-state index in [4.69, 9.17) is 11.6 Å². The smallest absolute Gasteiger partial charge is 0.228 e. The van der Waals surface area contributed by atoms with Crippen LogP contribution >= 0.6 is 11.6 Å². The minimum atomic E-state index is -1.13. The number of aliphatic carboxylic acids is 1. The van der Waals surface area contributed by atoms with Gasteiger partial charge in [-0.1, -0.05) is 30.5 Å². The zero-order valence-corrected chi connectivity index (χ0v) is 11.2. The maximum Gasteiger partial charge on any atom is 0.228 e. The van der Waals surface area contributed by atoms with Crippen molar-refractivity contribution in [3.63, 3.8) is 0 Å². The molecule has 19 heavy (non-hydrogen) atoms. The first-order valence-corrected chi connectivity index (χ1v) is 6.73. The summed E-state index contributed by atoms with van der Waals surface area (Å²) in [6.07, 6.45) is 2.80. The molecule has 1 N–H and O–H groups in total. The second kappa shape index (κ2) is 6.06. The average Bonchev–Trinajstić information content (AvgIpc) is 2.38. The minimum absolute atomic E-state index is 0.267. The molecule has 1 amide bonds. The van der Waals surface area contributed by atoms with E-state index in [1.54, 1.807) is 24.3 Å². The molecule has 1 aliphatic carbocycles. The normalized spacial score (nSPS) is 22.8. The lowest BCUT2D eigenvalue weighted by molar-refractivity contribution is -0.313. The largest absolute Gasteiger partial charge is 0.550 e. The fourth-order valence-corrected chi connectivity index (χ4v) is 2.72. The molecule has 0 bridgehead atoms. The molecule has 0 spiro atoms. The number of halogens is 1. The highest BCUT2D eigenvalue weighted by Gasteiger charge is 2.31. The average molecular weight is 281 g/mol. The molecular weight excluding hydrogens is 266 g/mol. The van der Waals surface area contributed by atoms with Crippen LogP contribution in [0.2, 0.25) is 5.02 Å². The number of anilines is 1. The topological polar surface area (TPSA) is 69.2 Å². The fourth-order valence-electron chi connectivity index (χ4n) is 2.53. The molecule has 1 aromatic carbocycles. The standard InChI is InChI=1S/C14H16ClNO3/c15-9-4-3-5-10(8-9)16-13(17)11-6-1-2-7-12(11)14(18)19/h3-5,8,11-12H,1-2,6-7H2,(H,16,17)(H,18,19)/p-1. The highest BCUT2D eigenvalue weighted by molar-refractivity contribution is 6.30. The zero-order valence-electron chi connectivity index (χ0n) is 10.4. The molecule has 1 aliphatic rings. The Morgan fingerprint density at radius 1 is 1.21 bits per heavy atom. The van der Waals surface area contributed by atoms with Gasteiger partial charge in [-0.3, -0.25) is 4.79 Å². The van der Waals surface area contributed by atoms with Crippen LogP contribution in [-0.4, -0.2) is 11.9 Å². The van der Waals surface area contributed by atoms with Crippen LogP contribution in [0.5, 0.6) is 0 Å². The lowest BCUT2D eigenvalue weighted by Crippen LogP contribution is -2.42. The van der Waals surface area contributed by atoms with Crippen LogP contribution < -0.4 is 10.4 Å². The molecule has 2 unspecified atom stereocenters. The Bertz CT molecular complexity index is 489. The Hall–Kier alpha value is -1.55. The highest BCUT2D eigenvalue weighted by atomic mass is 35.5. The van der Waals surface area contributed by atoms with Crippen LogP contribution in [0.25, 0.3) is 0 Å². The van der Waals surface area contributed by atoms with E-state index in [-0.39, 0.29) is 5.91 Å². The Morgan fingerprint density at radius 3 is 2.53 bits per heavy atom. The lowest BCUT2D eigenvalue weighted by Gasteiger charge is -2.31. The van der Waals surface area contributed by atoms with Crippen LogP contribution in [0, 0.1) is 11.8 Å². The number of carbonyl (C=O) groups is 2. The summed E-state index contributed by atoms with van der Waals surface area (Å²) in [5, 5.41) is 14.3. The number of carboxylic acids is 1. The third-order valence-electron chi connectivity index (χ3n) is 3.50. The van der Waals surface area contributed by atoms with Crippen LogP contribution in [-0.2, 0) is 9.59 Å². The quantitative estimate of drug-likeness (QED) is 0.918. The van der Waals surface area contributed by atoms with Crippen molar-refractivity contribution in [2.45, 2.75) is 25.7 Å². The summed E-state index contributed by atoms with van der Waals surface area (Å²) in [4.78, 5) is 23.2. The number of hydrogen-bond donors (Lipinski definition) is 1. The van der Waals surface area contributed by atoms with Gasteiger partial charge in [0, 0.05) is 28.5 Å². The van der Waals surface area contributed by atoms with Gasteiger partial charge in [-0.25, -0.2) is 0 Å². The lowest BCUT2D eigenvalue weighted by atomic mass is 9.78. The first kappa shape index (κ1) is 13.9. The molecule has 1 aromatic rings. The second-order valence-corrected chi connectivity index (χ2v) is 5.25. The fraction of sp³-hybridized carbons (Fsp3) is 0.429. The summed E-state index contributed by atoms with van der Waals surface area (Å²) in [6.45, 7) is 0. The van der Waals surface area contributed by atoms with E-state index in [0.717, 1.165) is 12.8 Å². The first-order chi connectivity index (χ1) is 9.08. The van der Waals surface area contributed by atoms with E-state index in [2.05, 4.69) is 5.32 Å². The van der Waals surface area contributed by atoms with Crippen LogP contribution in [0.4, 0.5) is 5.69 Å². The van der Waals surface area contributed by atoms with Gasteiger partial charge in [0.25, 0.3) is 0 Å². The molecule has 4 nitrogen and oxygen atoms in total. The van der Waals surface area contributed by atoms with Gasteiger partial charge < -0.3 is 15.2 Å². The summed E-state index contributed by atoms with van der Waals surface area (Å²) in [7, 11) is 0. The Kier molecular flexibility index (Phi) is 4.43. The number of carboxylic acid groups (broad SMARTS) is 1. The molecule has 0 aliphatic heterocycles. The molecule has 5 heteroatoms. The van der Waals surface area contributed by atoms with Crippen LogP contribution in [0.15, 0.2) is 24.3 Å². The van der Waals surface area contributed by atoms with Crippen molar-refractivity contribution in [2.24, 2.45) is 11.8 Å². The van der Waals surface area contributed by atoms with Crippen molar-refractivity contribution in [1.29, 1.82) is 0 Å². The molecule has 2 atom stereocenters. The molecule has 1 saturated carbocycles. The van der Waals surface area contributed by atoms with Crippen molar-refractivity contribution in [2.75, 3.05) is 5.32 Å². The summed E-state index contributed by atoms with van der Waals surface area (Å²) >= 11 is 5.84. The number of rotatable bonds is 3. The second-order valence-electron chi connectivity index (χ2n) is 4.82. The number of benzene rings is 1. The summed E-state index contributed by atoms with van der Waals surface area (Å²) in [6, 6.07) is 6.80. The van der Waals surface area contributed by atoms with Crippen molar-refractivity contribution >= 4 is 29.2 Å². The van der Waals surface area contributed by atoms with E-state index >= 15 is 0 Å². The summed E-state index contributed by atoms with van der Waals surface area (Å²) < 4.78 is 0. The van der Waals surface area contributed by atoms with Crippen molar-refractivity contribution in [1.82, 2.24) is 0 Å². The van der Waals surface area contributed by atoms with E-state index in [0.29, 0.717) is 23.6 Å². The molecule has 0 radical (unpaired) electrons. The van der Waals surface area contributed by atoms with Gasteiger partial charge in [0.15, 0.2) is 0 Å². The SMILES string of the molecule is O=C([O-])C1CCCCC1C(=O)Nc1cccc(Cl)c1. The minimum Gasteiger partial charge on any atom is -0.550 e. The molecular formula is C14H15ClNO3-. The van der Waals surface area contributed by atoms with Gasteiger partial charge in [0.2, 0.25) is 5.91 Å². The van der Waals surface area contributed by atoms with E-state index in [1.165, 1.54) is 0 Å². The molecule has 0 saturated heterocycles. The summed E-state index contributed by atoms with van der Waals surface area (Å²) in [5.74, 6) is -2.60.